The number of hydrogen-bond acceptors (Lipinski definition) is 4. The van der Waals surface area contributed by atoms with Gasteiger partial charge >= 0.3 is 0 Å². The van der Waals surface area contributed by atoms with Crippen molar-refractivity contribution in [3.63, 3.8) is 0 Å². The molecule has 5 nitrogen and oxygen atoms in total. The Morgan fingerprint density at radius 1 is 1.33 bits per heavy atom. The molecule has 0 bridgehead atoms. The fourth-order valence-corrected chi connectivity index (χ4v) is 4.69. The summed E-state index contributed by atoms with van der Waals surface area (Å²) in [5, 5.41) is 8.98. The van der Waals surface area contributed by atoms with Crippen LogP contribution < -0.4 is 0 Å². The van der Waals surface area contributed by atoms with Crippen LogP contribution in [0.1, 0.15) is 35.9 Å². The molecule has 2 unspecified atom stereocenters. The number of fused-ring (bicyclic) bond motifs is 4. The van der Waals surface area contributed by atoms with E-state index in [0.29, 0.717) is 5.92 Å². The summed E-state index contributed by atoms with van der Waals surface area (Å²) in [6.45, 7) is 2.36. The van der Waals surface area contributed by atoms with Gasteiger partial charge in [-0.1, -0.05) is 18.1 Å². The van der Waals surface area contributed by atoms with Crippen LogP contribution in [-0.2, 0) is 31.7 Å². The van der Waals surface area contributed by atoms with Crippen LogP contribution in [0.5, 0.6) is 0 Å². The second-order valence-corrected chi connectivity index (χ2v) is 7.32. The Balaban J connectivity index is 1.67. The zero-order valence-corrected chi connectivity index (χ0v) is 14.0. The monoisotopic (exact) mass is 320 g/mol. The maximum atomic E-state index is 5.45. The first-order valence-electron chi connectivity index (χ1n) is 8.57. The number of nitrogens with zero attached hydrogens (tertiary/aromatic N) is 4. The van der Waals surface area contributed by atoms with Crippen molar-refractivity contribution >= 4 is 0 Å². The molecule has 0 saturated heterocycles. The first kappa shape index (κ1) is 14.0. The molecule has 3 aromatic rings. The maximum absolute atomic E-state index is 5.45. The third-order valence-electron chi connectivity index (χ3n) is 5.96. The van der Waals surface area contributed by atoms with Crippen molar-refractivity contribution in [1.82, 2.24) is 19.9 Å². The Bertz CT molecular complexity index is 911. The van der Waals surface area contributed by atoms with Gasteiger partial charge in [-0.05, 0) is 37.3 Å². The highest BCUT2D eigenvalue weighted by atomic mass is 16.5. The molecular formula is C19H20N4O. The van der Waals surface area contributed by atoms with Crippen molar-refractivity contribution in [2.75, 3.05) is 0 Å². The van der Waals surface area contributed by atoms with Crippen LogP contribution in [0.25, 0.3) is 11.4 Å². The van der Waals surface area contributed by atoms with E-state index in [4.69, 9.17) is 9.62 Å². The summed E-state index contributed by atoms with van der Waals surface area (Å²) >= 11 is 0. The summed E-state index contributed by atoms with van der Waals surface area (Å²) in [6, 6.07) is 6.07. The predicted molar refractivity (Wildman–Crippen MR) is 89.5 cm³/mol. The van der Waals surface area contributed by atoms with Gasteiger partial charge in [0, 0.05) is 36.2 Å². The van der Waals surface area contributed by atoms with Crippen molar-refractivity contribution in [3.05, 3.63) is 53.2 Å². The lowest BCUT2D eigenvalue weighted by atomic mass is 9.60. The summed E-state index contributed by atoms with van der Waals surface area (Å²) in [5.74, 6) is 1.64. The molecule has 5 rings (SSSR count). The predicted octanol–water partition coefficient (Wildman–Crippen LogP) is 3.09. The van der Waals surface area contributed by atoms with Crippen LogP contribution in [0.15, 0.2) is 35.1 Å². The van der Waals surface area contributed by atoms with Gasteiger partial charge < -0.3 is 4.52 Å². The van der Waals surface area contributed by atoms with Crippen LogP contribution in [0.2, 0.25) is 0 Å². The van der Waals surface area contributed by atoms with Crippen molar-refractivity contribution in [2.24, 2.45) is 13.0 Å². The molecule has 0 spiro atoms. The molecule has 0 aliphatic heterocycles. The van der Waals surface area contributed by atoms with E-state index >= 15 is 0 Å². The topological polar surface area (TPSA) is 56.7 Å². The molecular weight excluding hydrogens is 300 g/mol. The minimum absolute atomic E-state index is 0.0525. The first-order valence-corrected chi connectivity index (χ1v) is 8.57. The molecule has 0 N–H and O–H groups in total. The van der Waals surface area contributed by atoms with E-state index in [1.165, 1.54) is 22.5 Å². The Labute approximate surface area is 140 Å². The minimum atomic E-state index is 0.0525. The number of rotatable bonds is 1. The highest BCUT2D eigenvalue weighted by Gasteiger charge is 2.47. The third kappa shape index (κ3) is 1.78. The molecule has 0 fully saturated rings. The molecule has 3 heterocycles. The summed E-state index contributed by atoms with van der Waals surface area (Å²) in [5.41, 5.74) is 6.09. The molecule has 3 aromatic heterocycles. The largest absolute Gasteiger partial charge is 0.361 e. The van der Waals surface area contributed by atoms with Crippen LogP contribution in [0.3, 0.4) is 0 Å². The SMILES string of the molecule is Cn1nc2c(c1-c1ccccn1)CCC1Cc3oncc3CC21C. The quantitative estimate of drug-likeness (QED) is 0.691. The lowest BCUT2D eigenvalue weighted by Crippen LogP contribution is -2.43. The molecule has 0 radical (unpaired) electrons. The Kier molecular flexibility index (Phi) is 2.78. The Morgan fingerprint density at radius 3 is 3.08 bits per heavy atom. The van der Waals surface area contributed by atoms with E-state index in [-0.39, 0.29) is 5.41 Å². The molecule has 0 saturated carbocycles. The summed E-state index contributed by atoms with van der Waals surface area (Å²) in [4.78, 5) is 4.56. The molecule has 5 heteroatoms. The first-order chi connectivity index (χ1) is 11.7. The summed E-state index contributed by atoms with van der Waals surface area (Å²) in [7, 11) is 2.04. The molecule has 122 valence electrons. The van der Waals surface area contributed by atoms with Gasteiger partial charge in [0.1, 0.15) is 5.76 Å². The number of hydrogen-bond donors (Lipinski definition) is 0. The van der Waals surface area contributed by atoms with Crippen LogP contribution in [0.4, 0.5) is 0 Å². The second-order valence-electron chi connectivity index (χ2n) is 7.32. The summed E-state index contributed by atoms with van der Waals surface area (Å²) in [6.07, 6.45) is 7.89. The Hall–Kier alpha value is -2.43. The standard InChI is InChI=1S/C19H20N4O/c1-19-10-12-11-21-24-16(12)9-13(19)6-7-14-17(23(2)22-18(14)19)15-5-3-4-8-20-15/h3-5,8,11,13H,6-7,9-10H2,1-2H3. The van der Waals surface area contributed by atoms with Gasteiger partial charge in [0.25, 0.3) is 0 Å². The van der Waals surface area contributed by atoms with Crippen LogP contribution in [-0.4, -0.2) is 19.9 Å². The fourth-order valence-electron chi connectivity index (χ4n) is 4.69. The van der Waals surface area contributed by atoms with Crippen molar-refractivity contribution in [1.29, 1.82) is 0 Å². The minimum Gasteiger partial charge on any atom is -0.361 e. The molecule has 2 atom stereocenters. The van der Waals surface area contributed by atoms with Crippen LogP contribution in [0, 0.1) is 5.92 Å². The van der Waals surface area contributed by atoms with Gasteiger partial charge in [-0.25, -0.2) is 0 Å². The molecule has 0 aromatic carbocycles. The molecule has 24 heavy (non-hydrogen) atoms. The zero-order chi connectivity index (χ0) is 16.3. The van der Waals surface area contributed by atoms with E-state index < -0.39 is 0 Å². The smallest absolute Gasteiger partial charge is 0.140 e. The van der Waals surface area contributed by atoms with E-state index in [0.717, 1.165) is 37.1 Å². The van der Waals surface area contributed by atoms with Crippen molar-refractivity contribution < 1.29 is 4.52 Å². The highest BCUT2D eigenvalue weighted by Crippen LogP contribution is 2.49. The van der Waals surface area contributed by atoms with Gasteiger partial charge in [0.2, 0.25) is 0 Å². The average Bonchev–Trinajstić information content (AvgIpc) is 3.16. The van der Waals surface area contributed by atoms with E-state index in [1.54, 1.807) is 0 Å². The van der Waals surface area contributed by atoms with E-state index in [1.807, 2.05) is 36.3 Å². The average molecular weight is 320 g/mol. The lowest BCUT2D eigenvalue weighted by molar-refractivity contribution is 0.206. The zero-order valence-electron chi connectivity index (χ0n) is 14.0. The van der Waals surface area contributed by atoms with E-state index in [9.17, 15) is 0 Å². The normalized spacial score (nSPS) is 25.0. The van der Waals surface area contributed by atoms with Crippen LogP contribution >= 0.6 is 0 Å². The van der Waals surface area contributed by atoms with Gasteiger partial charge in [-0.2, -0.15) is 5.10 Å². The van der Waals surface area contributed by atoms with Crippen molar-refractivity contribution in [2.45, 2.75) is 38.0 Å². The van der Waals surface area contributed by atoms with E-state index in [2.05, 4.69) is 23.1 Å². The van der Waals surface area contributed by atoms with Crippen molar-refractivity contribution in [3.8, 4) is 11.4 Å². The second kappa shape index (κ2) is 4.79. The molecule has 0 amide bonds. The lowest BCUT2D eigenvalue weighted by Gasteiger charge is -2.43. The summed E-state index contributed by atoms with van der Waals surface area (Å²) < 4.78 is 7.47. The highest BCUT2D eigenvalue weighted by molar-refractivity contribution is 5.62. The Morgan fingerprint density at radius 2 is 2.25 bits per heavy atom. The number of aryl methyl sites for hydroxylation is 1. The van der Waals surface area contributed by atoms with Gasteiger partial charge in [-0.3, -0.25) is 9.67 Å². The maximum Gasteiger partial charge on any atom is 0.140 e. The third-order valence-corrected chi connectivity index (χ3v) is 5.96. The van der Waals surface area contributed by atoms with Gasteiger partial charge in [0.15, 0.2) is 0 Å². The van der Waals surface area contributed by atoms with Gasteiger partial charge in [0.05, 0.1) is 23.3 Å². The number of pyridine rings is 1. The molecule has 2 aliphatic carbocycles. The number of aromatic nitrogens is 4. The fraction of sp³-hybridized carbons (Fsp3) is 0.421. The van der Waals surface area contributed by atoms with Gasteiger partial charge in [-0.15, -0.1) is 0 Å². The molecule has 2 aliphatic rings.